The SMILES string of the molecule is O=Cn1ccc2ccccc21.[H+]. The molecule has 0 N–H and O–H groups in total. The summed E-state index contributed by atoms with van der Waals surface area (Å²) in [5.41, 5.74) is 0.961. The number of benzene rings is 1. The number of carbonyl (C=O) groups excluding carboxylic acids is 1. The molecule has 0 aliphatic rings. The minimum absolute atomic E-state index is 0. The van der Waals surface area contributed by atoms with Crippen LogP contribution in [0, 0.1) is 0 Å². The molecule has 2 heteroatoms. The molecular weight excluding hydrogens is 138 g/mol. The van der Waals surface area contributed by atoms with Crippen LogP contribution in [0.4, 0.5) is 0 Å². The largest absolute Gasteiger partial charge is 1.00 e. The Balaban J connectivity index is 0.000000720. The van der Waals surface area contributed by atoms with Gasteiger partial charge in [0.2, 0.25) is 6.41 Å². The molecule has 11 heavy (non-hydrogen) atoms. The van der Waals surface area contributed by atoms with Crippen molar-refractivity contribution in [2.75, 3.05) is 0 Å². The Labute approximate surface area is 65.5 Å². The molecule has 0 unspecified atom stereocenters. The van der Waals surface area contributed by atoms with E-state index in [2.05, 4.69) is 0 Å². The zero-order valence-electron chi connectivity index (χ0n) is 6.90. The molecule has 1 aromatic heterocycles. The second kappa shape index (κ2) is 2.23. The lowest BCUT2D eigenvalue weighted by Gasteiger charge is -1.91. The van der Waals surface area contributed by atoms with Gasteiger partial charge in [-0.1, -0.05) is 18.2 Å². The molecule has 2 rings (SSSR count). The van der Waals surface area contributed by atoms with Crippen molar-refractivity contribution in [3.8, 4) is 0 Å². The molecule has 0 aliphatic heterocycles. The first-order valence-electron chi connectivity index (χ1n) is 3.43. The van der Waals surface area contributed by atoms with Crippen LogP contribution >= 0.6 is 0 Å². The molecular formula is C9H8NO+. The molecule has 0 radical (unpaired) electrons. The van der Waals surface area contributed by atoms with Crippen LogP contribution < -0.4 is 0 Å². The zero-order valence-corrected chi connectivity index (χ0v) is 5.90. The van der Waals surface area contributed by atoms with E-state index in [-0.39, 0.29) is 1.43 Å². The lowest BCUT2D eigenvalue weighted by atomic mass is 10.2. The standard InChI is InChI=1S/C9H7NO/c11-7-10-6-5-8-3-1-2-4-9(8)10/h1-7H/p+1. The Hall–Kier alpha value is -1.57. The summed E-state index contributed by atoms with van der Waals surface area (Å²) in [6.07, 6.45) is 2.57. The van der Waals surface area contributed by atoms with Crippen LogP contribution in [0.5, 0.6) is 0 Å². The van der Waals surface area contributed by atoms with Gasteiger partial charge in [0.25, 0.3) is 0 Å². The molecule has 2 nitrogen and oxygen atoms in total. The van der Waals surface area contributed by atoms with Gasteiger partial charge in [0.1, 0.15) is 0 Å². The highest BCUT2D eigenvalue weighted by molar-refractivity contribution is 5.85. The van der Waals surface area contributed by atoms with Crippen molar-refractivity contribution in [3.05, 3.63) is 36.5 Å². The Morgan fingerprint density at radius 2 is 2.09 bits per heavy atom. The number of hydrogen-bond donors (Lipinski definition) is 0. The molecule has 0 atom stereocenters. The highest BCUT2D eigenvalue weighted by Crippen LogP contribution is 2.12. The Bertz CT molecular complexity index is 394. The number of nitrogens with zero attached hydrogens (tertiary/aromatic N) is 1. The second-order valence-electron chi connectivity index (χ2n) is 2.39. The molecule has 1 aromatic carbocycles. The van der Waals surface area contributed by atoms with E-state index in [1.54, 1.807) is 10.8 Å². The molecule has 0 saturated heterocycles. The molecule has 0 fully saturated rings. The summed E-state index contributed by atoms with van der Waals surface area (Å²) in [7, 11) is 0. The van der Waals surface area contributed by atoms with E-state index < -0.39 is 0 Å². The van der Waals surface area contributed by atoms with Crippen molar-refractivity contribution in [1.82, 2.24) is 4.57 Å². The van der Waals surface area contributed by atoms with Gasteiger partial charge in [0, 0.05) is 11.6 Å². The Morgan fingerprint density at radius 1 is 1.27 bits per heavy atom. The van der Waals surface area contributed by atoms with Crippen LogP contribution in [0.3, 0.4) is 0 Å². The molecule has 0 amide bonds. The second-order valence-corrected chi connectivity index (χ2v) is 2.39. The van der Waals surface area contributed by atoms with Crippen LogP contribution in [-0.2, 0) is 4.79 Å². The Morgan fingerprint density at radius 3 is 2.91 bits per heavy atom. The predicted octanol–water partition coefficient (Wildman–Crippen LogP) is 1.79. The summed E-state index contributed by atoms with van der Waals surface area (Å²) in [6, 6.07) is 9.70. The van der Waals surface area contributed by atoms with Crippen LogP contribution in [0.25, 0.3) is 10.9 Å². The fourth-order valence-corrected chi connectivity index (χ4v) is 1.20. The zero-order chi connectivity index (χ0) is 7.68. The minimum atomic E-state index is 0. The molecule has 2 aromatic rings. The number of hydrogen-bond acceptors (Lipinski definition) is 1. The van der Waals surface area contributed by atoms with E-state index in [0.717, 1.165) is 17.3 Å². The van der Waals surface area contributed by atoms with E-state index in [9.17, 15) is 4.79 Å². The third kappa shape index (κ3) is 0.835. The fourth-order valence-electron chi connectivity index (χ4n) is 1.20. The fraction of sp³-hybridized carbons (Fsp3) is 0. The van der Waals surface area contributed by atoms with Gasteiger partial charge in [-0.25, -0.2) is 0 Å². The summed E-state index contributed by atoms with van der Waals surface area (Å²) >= 11 is 0. The van der Waals surface area contributed by atoms with E-state index in [4.69, 9.17) is 0 Å². The first kappa shape index (κ1) is 6.16. The third-order valence-electron chi connectivity index (χ3n) is 1.74. The summed E-state index contributed by atoms with van der Waals surface area (Å²) in [4.78, 5) is 10.4. The first-order chi connectivity index (χ1) is 5.42. The maximum absolute atomic E-state index is 10.4. The molecule has 0 bridgehead atoms. The first-order valence-corrected chi connectivity index (χ1v) is 3.43. The van der Waals surface area contributed by atoms with Crippen LogP contribution in [-0.4, -0.2) is 11.0 Å². The summed E-state index contributed by atoms with van der Waals surface area (Å²) in [5, 5.41) is 1.10. The van der Waals surface area contributed by atoms with Crippen LogP contribution in [0.15, 0.2) is 36.5 Å². The van der Waals surface area contributed by atoms with Gasteiger partial charge in [0.05, 0.1) is 5.52 Å². The van der Waals surface area contributed by atoms with Crippen molar-refractivity contribution < 1.29 is 6.22 Å². The van der Waals surface area contributed by atoms with E-state index in [1.807, 2.05) is 30.3 Å². The van der Waals surface area contributed by atoms with Crippen molar-refractivity contribution in [2.45, 2.75) is 0 Å². The predicted molar refractivity (Wildman–Crippen MR) is 45.2 cm³/mol. The van der Waals surface area contributed by atoms with Gasteiger partial charge in [-0.3, -0.25) is 9.36 Å². The number of aromatic nitrogens is 1. The van der Waals surface area contributed by atoms with Crippen LogP contribution in [0.2, 0.25) is 0 Å². The van der Waals surface area contributed by atoms with Crippen molar-refractivity contribution in [1.29, 1.82) is 0 Å². The van der Waals surface area contributed by atoms with Gasteiger partial charge in [-0.2, -0.15) is 0 Å². The van der Waals surface area contributed by atoms with Crippen molar-refractivity contribution in [2.24, 2.45) is 0 Å². The number of para-hydroxylation sites is 1. The maximum Gasteiger partial charge on any atom is 1.00 e. The third-order valence-corrected chi connectivity index (χ3v) is 1.74. The summed E-state index contributed by atoms with van der Waals surface area (Å²) in [5.74, 6) is 0. The van der Waals surface area contributed by atoms with Gasteiger partial charge in [0.15, 0.2) is 0 Å². The normalized spacial score (nSPS) is 10.2. The van der Waals surface area contributed by atoms with Gasteiger partial charge >= 0.3 is 1.43 Å². The summed E-state index contributed by atoms with van der Waals surface area (Å²) in [6.45, 7) is 0. The lowest BCUT2D eigenvalue weighted by Crippen LogP contribution is -1.89. The van der Waals surface area contributed by atoms with Gasteiger partial charge < -0.3 is 0 Å². The summed E-state index contributed by atoms with van der Waals surface area (Å²) < 4.78 is 1.56. The van der Waals surface area contributed by atoms with Crippen LogP contribution in [0.1, 0.15) is 1.43 Å². The van der Waals surface area contributed by atoms with Crippen molar-refractivity contribution >= 4 is 17.3 Å². The topological polar surface area (TPSA) is 22.0 Å². The monoisotopic (exact) mass is 146 g/mol. The number of rotatable bonds is 1. The average molecular weight is 146 g/mol. The average Bonchev–Trinajstić information content (AvgIpc) is 2.47. The molecule has 1 heterocycles. The molecule has 0 spiro atoms. The number of fused-ring (bicyclic) bond motifs is 1. The smallest absolute Gasteiger partial charge is 0.290 e. The van der Waals surface area contributed by atoms with Gasteiger partial charge in [-0.15, -0.1) is 0 Å². The minimum Gasteiger partial charge on any atom is -0.290 e. The van der Waals surface area contributed by atoms with E-state index >= 15 is 0 Å². The van der Waals surface area contributed by atoms with E-state index in [1.165, 1.54) is 0 Å². The van der Waals surface area contributed by atoms with Crippen molar-refractivity contribution in [3.63, 3.8) is 0 Å². The highest BCUT2D eigenvalue weighted by atomic mass is 16.1. The molecule has 54 valence electrons. The maximum atomic E-state index is 10.4. The van der Waals surface area contributed by atoms with E-state index in [0.29, 0.717) is 0 Å². The molecule has 0 aliphatic carbocycles. The Kier molecular flexibility index (Phi) is 1.25. The molecule has 0 saturated carbocycles. The lowest BCUT2D eigenvalue weighted by molar-refractivity contribution is 0.549. The van der Waals surface area contributed by atoms with Gasteiger partial charge in [-0.05, 0) is 12.1 Å². The quantitative estimate of drug-likeness (QED) is 0.562. The number of carbonyl (C=O) groups is 1. The highest BCUT2D eigenvalue weighted by Gasteiger charge is 1.95.